The van der Waals surface area contributed by atoms with Crippen molar-refractivity contribution < 1.29 is 5.11 Å². The summed E-state index contributed by atoms with van der Waals surface area (Å²) in [5, 5.41) is 11.4. The summed E-state index contributed by atoms with van der Waals surface area (Å²) < 4.78 is 0. The minimum Gasteiger partial charge on any atom is -0.388 e. The Labute approximate surface area is 125 Å². The minimum absolute atomic E-state index is 0.537. The van der Waals surface area contributed by atoms with Crippen molar-refractivity contribution in [3.63, 3.8) is 0 Å². The van der Waals surface area contributed by atoms with Crippen molar-refractivity contribution >= 4 is 23.2 Å². The zero-order valence-electron chi connectivity index (χ0n) is 11.3. The molecule has 2 nitrogen and oxygen atoms in total. The Hall–Kier alpha value is -0.280. The first-order valence-electron chi connectivity index (χ1n) is 6.91. The fourth-order valence-corrected chi connectivity index (χ4v) is 2.94. The van der Waals surface area contributed by atoms with Crippen LogP contribution in [0.2, 0.25) is 10.0 Å². The van der Waals surface area contributed by atoms with E-state index < -0.39 is 6.10 Å². The molecule has 1 unspecified atom stereocenters. The van der Waals surface area contributed by atoms with Gasteiger partial charge in [0.15, 0.2) is 0 Å². The Kier molecular flexibility index (Phi) is 5.52. The standard InChI is InChI=1S/C15H21Cl2NO/c1-11-4-7-18(8-5-11)9-6-15(19)13-10-12(16)2-3-14(13)17/h2-3,10-11,15,19H,4-9H2,1H3. The molecule has 0 bridgehead atoms. The number of nitrogens with zero attached hydrogens (tertiary/aromatic N) is 1. The lowest BCUT2D eigenvalue weighted by atomic mass is 9.98. The van der Waals surface area contributed by atoms with Gasteiger partial charge in [-0.1, -0.05) is 30.1 Å². The van der Waals surface area contributed by atoms with E-state index in [1.807, 2.05) is 0 Å². The van der Waals surface area contributed by atoms with E-state index in [1.54, 1.807) is 18.2 Å². The molecule has 106 valence electrons. The van der Waals surface area contributed by atoms with Gasteiger partial charge in [-0.05, 0) is 56.5 Å². The summed E-state index contributed by atoms with van der Waals surface area (Å²) in [7, 11) is 0. The third-order valence-electron chi connectivity index (χ3n) is 3.91. The van der Waals surface area contributed by atoms with E-state index in [-0.39, 0.29) is 0 Å². The van der Waals surface area contributed by atoms with Gasteiger partial charge < -0.3 is 10.0 Å². The average molecular weight is 302 g/mol. The van der Waals surface area contributed by atoms with E-state index in [2.05, 4.69) is 11.8 Å². The topological polar surface area (TPSA) is 23.5 Å². The van der Waals surface area contributed by atoms with Gasteiger partial charge >= 0.3 is 0 Å². The number of hydrogen-bond donors (Lipinski definition) is 1. The van der Waals surface area contributed by atoms with E-state index in [0.717, 1.165) is 31.1 Å². The molecule has 0 aromatic heterocycles. The highest BCUT2D eigenvalue weighted by atomic mass is 35.5. The highest BCUT2D eigenvalue weighted by Crippen LogP contribution is 2.28. The summed E-state index contributed by atoms with van der Waals surface area (Å²) in [5.41, 5.74) is 0.736. The molecule has 1 heterocycles. The second-order valence-corrected chi connectivity index (χ2v) is 6.34. The van der Waals surface area contributed by atoms with E-state index in [0.29, 0.717) is 16.5 Å². The van der Waals surface area contributed by atoms with E-state index in [4.69, 9.17) is 23.2 Å². The lowest BCUT2D eigenvalue weighted by molar-refractivity contribution is 0.125. The highest BCUT2D eigenvalue weighted by Gasteiger charge is 2.18. The molecule has 1 aromatic carbocycles. The second kappa shape index (κ2) is 6.94. The van der Waals surface area contributed by atoms with Gasteiger partial charge in [-0.25, -0.2) is 0 Å². The van der Waals surface area contributed by atoms with Crippen molar-refractivity contribution in [3.8, 4) is 0 Å². The van der Waals surface area contributed by atoms with Crippen LogP contribution in [0.3, 0.4) is 0 Å². The number of piperidine rings is 1. The van der Waals surface area contributed by atoms with Crippen LogP contribution in [0.25, 0.3) is 0 Å². The van der Waals surface area contributed by atoms with Crippen LogP contribution in [-0.4, -0.2) is 29.6 Å². The molecule has 0 saturated carbocycles. The van der Waals surface area contributed by atoms with Gasteiger partial charge in [0.2, 0.25) is 0 Å². The van der Waals surface area contributed by atoms with Crippen molar-refractivity contribution in [2.75, 3.05) is 19.6 Å². The van der Waals surface area contributed by atoms with Gasteiger partial charge in [0.1, 0.15) is 0 Å². The Morgan fingerprint density at radius 1 is 1.32 bits per heavy atom. The van der Waals surface area contributed by atoms with Crippen molar-refractivity contribution in [3.05, 3.63) is 33.8 Å². The number of aliphatic hydroxyl groups is 1. The quantitative estimate of drug-likeness (QED) is 0.903. The van der Waals surface area contributed by atoms with E-state index in [9.17, 15) is 5.11 Å². The van der Waals surface area contributed by atoms with E-state index >= 15 is 0 Å². The van der Waals surface area contributed by atoms with Gasteiger partial charge in [0, 0.05) is 22.2 Å². The number of benzene rings is 1. The van der Waals surface area contributed by atoms with Gasteiger partial charge in [-0.2, -0.15) is 0 Å². The van der Waals surface area contributed by atoms with Crippen molar-refractivity contribution in [1.29, 1.82) is 0 Å². The zero-order chi connectivity index (χ0) is 13.8. The maximum atomic E-state index is 10.2. The molecule has 19 heavy (non-hydrogen) atoms. The Morgan fingerprint density at radius 3 is 2.68 bits per heavy atom. The summed E-state index contributed by atoms with van der Waals surface area (Å²) >= 11 is 12.0. The normalized spacial score (nSPS) is 19.6. The van der Waals surface area contributed by atoms with Gasteiger partial charge in [0.25, 0.3) is 0 Å². The molecule has 0 aliphatic carbocycles. The Morgan fingerprint density at radius 2 is 2.00 bits per heavy atom. The molecule has 1 aromatic rings. The van der Waals surface area contributed by atoms with E-state index in [1.165, 1.54) is 12.8 Å². The first-order valence-corrected chi connectivity index (χ1v) is 7.67. The van der Waals surface area contributed by atoms with Crippen molar-refractivity contribution in [2.45, 2.75) is 32.3 Å². The molecular weight excluding hydrogens is 281 g/mol. The van der Waals surface area contributed by atoms with Crippen LogP contribution in [0.1, 0.15) is 37.9 Å². The molecule has 1 aliphatic heterocycles. The predicted molar refractivity (Wildman–Crippen MR) is 80.9 cm³/mol. The molecule has 0 spiro atoms. The molecule has 0 amide bonds. The Bertz CT molecular complexity index is 417. The summed E-state index contributed by atoms with van der Waals surface area (Å²) in [6.45, 7) is 5.49. The molecule has 2 rings (SSSR count). The summed E-state index contributed by atoms with van der Waals surface area (Å²) in [4.78, 5) is 2.42. The molecule has 1 aliphatic rings. The fraction of sp³-hybridized carbons (Fsp3) is 0.600. The lowest BCUT2D eigenvalue weighted by Crippen LogP contribution is -2.34. The minimum atomic E-state index is -0.537. The molecule has 1 atom stereocenters. The summed E-state index contributed by atoms with van der Waals surface area (Å²) in [5.74, 6) is 0.837. The molecular formula is C15H21Cl2NO. The SMILES string of the molecule is CC1CCN(CCC(O)c2cc(Cl)ccc2Cl)CC1. The smallest absolute Gasteiger partial charge is 0.0817 e. The second-order valence-electron chi connectivity index (χ2n) is 5.49. The maximum Gasteiger partial charge on any atom is 0.0817 e. The molecule has 1 fully saturated rings. The zero-order valence-corrected chi connectivity index (χ0v) is 12.8. The van der Waals surface area contributed by atoms with Crippen LogP contribution in [0.15, 0.2) is 18.2 Å². The summed E-state index contributed by atoms with van der Waals surface area (Å²) in [6, 6.07) is 5.24. The van der Waals surface area contributed by atoms with Gasteiger partial charge in [-0.15, -0.1) is 0 Å². The molecule has 0 radical (unpaired) electrons. The first-order chi connectivity index (χ1) is 9.06. The van der Waals surface area contributed by atoms with Crippen molar-refractivity contribution in [1.82, 2.24) is 4.90 Å². The molecule has 1 saturated heterocycles. The number of hydrogen-bond acceptors (Lipinski definition) is 2. The monoisotopic (exact) mass is 301 g/mol. The van der Waals surface area contributed by atoms with Crippen LogP contribution in [0.5, 0.6) is 0 Å². The molecule has 4 heteroatoms. The number of aliphatic hydroxyl groups excluding tert-OH is 1. The van der Waals surface area contributed by atoms with Crippen LogP contribution in [0.4, 0.5) is 0 Å². The Balaban J connectivity index is 1.87. The average Bonchev–Trinajstić information content (AvgIpc) is 2.40. The third-order valence-corrected chi connectivity index (χ3v) is 4.49. The highest BCUT2D eigenvalue weighted by molar-refractivity contribution is 6.33. The third kappa shape index (κ3) is 4.35. The first kappa shape index (κ1) is 15.1. The van der Waals surface area contributed by atoms with Gasteiger partial charge in [-0.3, -0.25) is 0 Å². The number of halogens is 2. The van der Waals surface area contributed by atoms with Crippen LogP contribution in [0, 0.1) is 5.92 Å². The lowest BCUT2D eigenvalue weighted by Gasteiger charge is -2.30. The number of rotatable bonds is 4. The van der Waals surface area contributed by atoms with Crippen LogP contribution >= 0.6 is 23.2 Å². The number of likely N-dealkylation sites (tertiary alicyclic amines) is 1. The maximum absolute atomic E-state index is 10.2. The van der Waals surface area contributed by atoms with Gasteiger partial charge in [0.05, 0.1) is 6.10 Å². The molecule has 1 N–H and O–H groups in total. The van der Waals surface area contributed by atoms with Crippen LogP contribution < -0.4 is 0 Å². The van der Waals surface area contributed by atoms with Crippen molar-refractivity contribution in [2.24, 2.45) is 5.92 Å². The predicted octanol–water partition coefficient (Wildman–Crippen LogP) is 4.15. The fourth-order valence-electron chi connectivity index (χ4n) is 2.52. The summed E-state index contributed by atoms with van der Waals surface area (Å²) in [6.07, 6.45) is 2.68. The largest absolute Gasteiger partial charge is 0.388 e. The van der Waals surface area contributed by atoms with Crippen LogP contribution in [-0.2, 0) is 0 Å².